The monoisotopic (exact) mass is 514 g/mol. The van der Waals surface area contributed by atoms with Gasteiger partial charge in [-0.2, -0.15) is 0 Å². The SMILES string of the molecule is C[n+]1ccn(Cc2c(F)c(F)c(F)c(F)c2F)c1.[O-2].[O-2].[O-2].[O-2].[Re]. The van der Waals surface area contributed by atoms with Crippen LogP contribution >= 0.6 is 0 Å². The van der Waals surface area contributed by atoms with Gasteiger partial charge in [-0.05, 0) is 0 Å². The van der Waals surface area contributed by atoms with Crippen molar-refractivity contribution in [3.8, 4) is 0 Å². The molecule has 23 heavy (non-hydrogen) atoms. The molecule has 0 N–H and O–H groups in total. The average molecular weight is 513 g/mol. The van der Waals surface area contributed by atoms with Gasteiger partial charge in [0.15, 0.2) is 23.3 Å². The van der Waals surface area contributed by atoms with E-state index in [9.17, 15) is 22.0 Å². The summed E-state index contributed by atoms with van der Waals surface area (Å²) in [5, 5.41) is 0. The van der Waals surface area contributed by atoms with Gasteiger partial charge in [0.2, 0.25) is 12.1 Å². The van der Waals surface area contributed by atoms with Crippen molar-refractivity contribution in [1.82, 2.24) is 4.57 Å². The number of benzene rings is 1. The van der Waals surface area contributed by atoms with Crippen molar-refractivity contribution in [1.29, 1.82) is 0 Å². The summed E-state index contributed by atoms with van der Waals surface area (Å²) in [5.74, 6) is -9.61. The van der Waals surface area contributed by atoms with E-state index in [1.165, 1.54) is 17.1 Å². The molecular weight excluding hydrogens is 505 g/mol. The molecule has 0 saturated heterocycles. The molecule has 0 bridgehead atoms. The Balaban J connectivity index is -0.000000361. The normalized spacial score (nSPS) is 8.61. The molecule has 0 unspecified atom stereocenters. The second kappa shape index (κ2) is 11.2. The minimum Gasteiger partial charge on any atom is -2.00 e. The predicted molar refractivity (Wildman–Crippen MR) is 53.7 cm³/mol. The number of rotatable bonds is 2. The van der Waals surface area contributed by atoms with E-state index in [0.29, 0.717) is 0 Å². The van der Waals surface area contributed by atoms with Crippen LogP contribution in [0.3, 0.4) is 0 Å². The van der Waals surface area contributed by atoms with Crippen molar-refractivity contribution < 1.29 is 68.8 Å². The topological polar surface area (TPSA) is 123 Å². The van der Waals surface area contributed by atoms with Gasteiger partial charge in [0.05, 0.1) is 12.6 Å². The van der Waals surface area contributed by atoms with E-state index in [1.54, 1.807) is 17.8 Å². The Morgan fingerprint density at radius 1 is 0.826 bits per heavy atom. The first-order chi connectivity index (χ1) is 8.41. The third-order valence-electron chi connectivity index (χ3n) is 2.47. The first-order valence-electron chi connectivity index (χ1n) is 4.93. The van der Waals surface area contributed by atoms with Crippen LogP contribution in [0.25, 0.3) is 0 Å². The Bertz CT molecular complexity index is 598. The molecule has 0 saturated carbocycles. The van der Waals surface area contributed by atoms with Crippen LogP contribution in [0.4, 0.5) is 22.0 Å². The van der Waals surface area contributed by atoms with E-state index < -0.39 is 41.2 Å². The Morgan fingerprint density at radius 3 is 1.57 bits per heavy atom. The molecular formula is C11H8F5N2O4Re-7. The zero-order valence-corrected chi connectivity index (χ0v) is 14.0. The Hall–Kier alpha value is -1.42. The summed E-state index contributed by atoms with van der Waals surface area (Å²) < 4.78 is 68.3. The summed E-state index contributed by atoms with van der Waals surface area (Å²) in [5.41, 5.74) is -0.859. The summed E-state index contributed by atoms with van der Waals surface area (Å²) in [6.45, 7) is -0.438. The van der Waals surface area contributed by atoms with E-state index in [4.69, 9.17) is 0 Å². The molecule has 12 heteroatoms. The minimum absolute atomic E-state index is 0. The number of nitrogens with zero attached hydrogens (tertiary/aromatic N) is 2. The molecule has 0 amide bonds. The number of halogens is 5. The molecule has 1 heterocycles. The van der Waals surface area contributed by atoms with Crippen molar-refractivity contribution in [3.63, 3.8) is 0 Å². The number of aryl methyl sites for hydroxylation is 1. The van der Waals surface area contributed by atoms with Crippen LogP contribution in [0, 0.1) is 29.1 Å². The molecule has 6 nitrogen and oxygen atoms in total. The van der Waals surface area contributed by atoms with Crippen molar-refractivity contribution in [2.45, 2.75) is 6.54 Å². The first-order valence-corrected chi connectivity index (χ1v) is 4.93. The average Bonchev–Trinajstić information content (AvgIpc) is 2.75. The molecule has 1 aromatic heterocycles. The van der Waals surface area contributed by atoms with Gasteiger partial charge in [0.1, 0.15) is 18.9 Å². The maximum Gasteiger partial charge on any atom is 0.243 e. The predicted octanol–water partition coefficient (Wildman–Crippen LogP) is 1.58. The van der Waals surface area contributed by atoms with Crippen LogP contribution < -0.4 is 4.57 Å². The van der Waals surface area contributed by atoms with Crippen LogP contribution in [-0.4, -0.2) is 4.57 Å². The fraction of sp³-hybridized carbons (Fsp3) is 0.182. The molecule has 0 aliphatic rings. The van der Waals surface area contributed by atoms with Gasteiger partial charge in [-0.3, -0.25) is 0 Å². The van der Waals surface area contributed by atoms with Crippen LogP contribution in [0.2, 0.25) is 0 Å². The molecule has 1 radical (unpaired) electrons. The van der Waals surface area contributed by atoms with E-state index in [2.05, 4.69) is 0 Å². The van der Waals surface area contributed by atoms with E-state index in [-0.39, 0.29) is 42.3 Å². The first kappa shape index (κ1) is 29.6. The maximum atomic E-state index is 13.4. The van der Waals surface area contributed by atoms with Crippen molar-refractivity contribution >= 4 is 0 Å². The second-order valence-electron chi connectivity index (χ2n) is 3.80. The third kappa shape index (κ3) is 5.61. The van der Waals surface area contributed by atoms with Gasteiger partial charge in [-0.15, -0.1) is 0 Å². The van der Waals surface area contributed by atoms with Crippen LogP contribution in [0.1, 0.15) is 5.56 Å². The number of imidazole rings is 1. The smallest absolute Gasteiger partial charge is 0.243 e. The second-order valence-corrected chi connectivity index (χ2v) is 3.80. The fourth-order valence-electron chi connectivity index (χ4n) is 1.57. The van der Waals surface area contributed by atoms with Gasteiger partial charge < -0.3 is 21.9 Å². The van der Waals surface area contributed by atoms with Crippen molar-refractivity contribution in [2.24, 2.45) is 7.05 Å². The molecule has 2 aromatic rings. The molecule has 2 rings (SSSR count). The standard InChI is InChI=1S/C11H8F5N2.4O.Re/c1-17-2-3-18(5-17)4-6-7(12)9(14)11(16)10(15)8(6)13;;;;;/h2-3,5H,4H2,1H3;;;;;/q+1;4*-2;. The largest absolute Gasteiger partial charge is 2.00 e. The zero-order chi connectivity index (χ0) is 13.4. The van der Waals surface area contributed by atoms with Crippen LogP contribution in [0.15, 0.2) is 18.7 Å². The third-order valence-corrected chi connectivity index (χ3v) is 2.47. The zero-order valence-electron chi connectivity index (χ0n) is 11.2. The Labute approximate surface area is 141 Å². The molecule has 0 fully saturated rings. The van der Waals surface area contributed by atoms with Crippen molar-refractivity contribution in [3.05, 3.63) is 53.4 Å². The van der Waals surface area contributed by atoms with Crippen LogP contribution in [-0.2, 0) is 55.9 Å². The molecule has 0 spiro atoms. The van der Waals surface area contributed by atoms with E-state index in [0.717, 1.165) is 0 Å². The minimum atomic E-state index is -2.15. The van der Waals surface area contributed by atoms with E-state index >= 15 is 0 Å². The van der Waals surface area contributed by atoms with Gasteiger partial charge >= 0.3 is 0 Å². The van der Waals surface area contributed by atoms with Gasteiger partial charge in [-0.1, -0.05) is 0 Å². The summed E-state index contributed by atoms with van der Waals surface area (Å²) in [7, 11) is 1.66. The van der Waals surface area contributed by atoms with E-state index in [1.807, 2.05) is 0 Å². The Morgan fingerprint density at radius 2 is 1.22 bits per heavy atom. The Kier molecular flexibility index (Phi) is 14.4. The number of aromatic nitrogens is 2. The summed E-state index contributed by atoms with van der Waals surface area (Å²) in [6.07, 6.45) is 4.49. The molecule has 0 aliphatic heterocycles. The fourth-order valence-corrected chi connectivity index (χ4v) is 1.57. The number of hydrogen-bond acceptors (Lipinski definition) is 0. The van der Waals surface area contributed by atoms with Gasteiger partial charge in [0.25, 0.3) is 0 Å². The molecule has 1 aromatic carbocycles. The molecule has 0 atom stereocenters. The number of hydrogen-bond donors (Lipinski definition) is 0. The maximum absolute atomic E-state index is 13.4. The summed E-state index contributed by atoms with van der Waals surface area (Å²) >= 11 is 0. The molecule has 0 aliphatic carbocycles. The summed E-state index contributed by atoms with van der Waals surface area (Å²) in [4.78, 5) is 0. The molecule has 135 valence electrons. The van der Waals surface area contributed by atoms with Crippen molar-refractivity contribution in [2.75, 3.05) is 0 Å². The van der Waals surface area contributed by atoms with Gasteiger partial charge in [-0.25, -0.2) is 31.1 Å². The van der Waals surface area contributed by atoms with Crippen LogP contribution in [0.5, 0.6) is 0 Å². The van der Waals surface area contributed by atoms with Gasteiger partial charge in [0, 0.05) is 20.4 Å². The quantitative estimate of drug-likeness (QED) is 0.251. The summed E-state index contributed by atoms with van der Waals surface area (Å²) in [6, 6.07) is 0.